The maximum atomic E-state index is 12.6. The minimum atomic E-state index is -4.71. The molecule has 0 aromatic heterocycles. The number of ether oxygens (including phenoxy) is 2. The molecule has 0 aromatic carbocycles. The smallest absolute Gasteiger partial charge is 0.472 e. The maximum Gasteiger partial charge on any atom is 0.472 e. The fourth-order valence-corrected chi connectivity index (χ4v) is 6.18. The van der Waals surface area contributed by atoms with Crippen molar-refractivity contribution >= 4 is 25.7 Å². The van der Waals surface area contributed by atoms with Crippen LogP contribution < -0.4 is 5.73 Å². The quantitative estimate of drug-likeness (QED) is 0.0237. The first-order chi connectivity index (χ1) is 25.1. The Kier molecular flexibility index (Phi) is 34.6. The number of carbonyl (C=O) groups is 3. The lowest BCUT2D eigenvalue weighted by Crippen LogP contribution is -2.34. The van der Waals surface area contributed by atoms with Crippen LogP contribution in [0.4, 0.5) is 0 Å². The molecule has 52 heavy (non-hydrogen) atoms. The van der Waals surface area contributed by atoms with Crippen LogP contribution in [0.25, 0.3) is 0 Å². The van der Waals surface area contributed by atoms with Crippen molar-refractivity contribution in [2.45, 2.75) is 193 Å². The molecule has 0 aliphatic carbocycles. The highest BCUT2D eigenvalue weighted by Gasteiger charge is 2.28. The average molecular weight is 760 g/mol. The van der Waals surface area contributed by atoms with Gasteiger partial charge in [0.25, 0.3) is 0 Å². The summed E-state index contributed by atoms with van der Waals surface area (Å²) in [4.78, 5) is 45.8. The second-order valence-electron chi connectivity index (χ2n) is 13.8. The van der Waals surface area contributed by atoms with E-state index in [1.807, 2.05) is 0 Å². The Morgan fingerprint density at radius 2 is 0.962 bits per heavy atom. The summed E-state index contributed by atoms with van der Waals surface area (Å²) >= 11 is 0. The molecule has 0 rings (SSSR count). The topological polar surface area (TPSA) is 172 Å². The van der Waals surface area contributed by atoms with E-state index in [-0.39, 0.29) is 19.4 Å². The van der Waals surface area contributed by atoms with Crippen molar-refractivity contribution in [1.82, 2.24) is 0 Å². The Morgan fingerprint density at radius 3 is 1.42 bits per heavy atom. The Bertz CT molecular complexity index is 989. The zero-order chi connectivity index (χ0) is 38.5. The van der Waals surface area contributed by atoms with Gasteiger partial charge in [0.1, 0.15) is 12.6 Å². The van der Waals surface area contributed by atoms with Crippen molar-refractivity contribution in [2.75, 3.05) is 19.8 Å². The van der Waals surface area contributed by atoms with E-state index in [9.17, 15) is 23.8 Å². The van der Waals surface area contributed by atoms with Gasteiger partial charge in [-0.2, -0.15) is 0 Å². The zero-order valence-corrected chi connectivity index (χ0v) is 33.5. The van der Waals surface area contributed by atoms with E-state index < -0.39 is 51.1 Å². The van der Waals surface area contributed by atoms with Gasteiger partial charge in [-0.05, 0) is 64.2 Å². The zero-order valence-electron chi connectivity index (χ0n) is 32.7. The number of phosphoric acid groups is 1. The second-order valence-corrected chi connectivity index (χ2v) is 15.2. The molecule has 0 bridgehead atoms. The number of carbonyl (C=O) groups excluding carboxylic acids is 2. The van der Waals surface area contributed by atoms with Crippen molar-refractivity contribution in [1.29, 1.82) is 0 Å². The van der Waals surface area contributed by atoms with Crippen LogP contribution in [0.3, 0.4) is 0 Å². The summed E-state index contributed by atoms with van der Waals surface area (Å²) in [7, 11) is -4.71. The molecule has 0 heterocycles. The SMILES string of the molecule is CCCCCC/C=C\CCCCCCCC(=O)O[C@H](COC(=O)CCCCCCC/C=C\CCCCCCCC)COP(=O)(O)OC[C@H](N)C(=O)O. The number of nitrogens with two attached hydrogens (primary N) is 1. The van der Waals surface area contributed by atoms with Crippen molar-refractivity contribution in [3.05, 3.63) is 24.3 Å². The van der Waals surface area contributed by atoms with E-state index in [0.29, 0.717) is 12.8 Å². The summed E-state index contributed by atoms with van der Waals surface area (Å²) < 4.78 is 32.6. The first-order valence-corrected chi connectivity index (χ1v) is 21.9. The highest BCUT2D eigenvalue weighted by atomic mass is 31.2. The van der Waals surface area contributed by atoms with Gasteiger partial charge in [-0.1, -0.05) is 128 Å². The highest BCUT2D eigenvalue weighted by molar-refractivity contribution is 7.47. The Balaban J connectivity index is 4.42. The maximum absolute atomic E-state index is 12.6. The minimum Gasteiger partial charge on any atom is -0.480 e. The average Bonchev–Trinajstić information content (AvgIpc) is 3.12. The first kappa shape index (κ1) is 50.0. The van der Waals surface area contributed by atoms with E-state index >= 15 is 0 Å². The molecule has 4 N–H and O–H groups in total. The van der Waals surface area contributed by atoms with Gasteiger partial charge in [0, 0.05) is 12.8 Å². The molecule has 0 saturated heterocycles. The number of esters is 2. The van der Waals surface area contributed by atoms with Gasteiger partial charge in [0.15, 0.2) is 6.10 Å². The number of carboxylic acids is 1. The molecule has 0 aliphatic heterocycles. The number of carboxylic acid groups (broad SMARTS) is 1. The number of allylic oxidation sites excluding steroid dienone is 4. The molecule has 3 atom stereocenters. The number of unbranched alkanes of at least 4 members (excludes halogenated alkanes) is 20. The van der Waals surface area contributed by atoms with Crippen LogP contribution in [-0.2, 0) is 37.5 Å². The molecule has 1 unspecified atom stereocenters. The number of hydrogen-bond donors (Lipinski definition) is 3. The van der Waals surface area contributed by atoms with E-state index in [1.54, 1.807) is 0 Å². The lowest BCUT2D eigenvalue weighted by molar-refractivity contribution is -0.161. The third kappa shape index (κ3) is 35.0. The fourth-order valence-electron chi connectivity index (χ4n) is 5.41. The van der Waals surface area contributed by atoms with Crippen LogP contribution in [0.5, 0.6) is 0 Å². The predicted molar refractivity (Wildman–Crippen MR) is 208 cm³/mol. The molecule has 0 saturated carbocycles. The number of aliphatic carboxylic acids is 1. The van der Waals surface area contributed by atoms with Crippen LogP contribution in [-0.4, -0.2) is 59.9 Å². The van der Waals surface area contributed by atoms with Gasteiger partial charge < -0.3 is 25.2 Å². The molecule has 0 radical (unpaired) electrons. The second kappa shape index (κ2) is 36.0. The third-order valence-electron chi connectivity index (χ3n) is 8.67. The van der Waals surface area contributed by atoms with Gasteiger partial charge in [-0.3, -0.25) is 23.4 Å². The minimum absolute atomic E-state index is 0.151. The van der Waals surface area contributed by atoms with Gasteiger partial charge in [-0.15, -0.1) is 0 Å². The molecular weight excluding hydrogens is 685 g/mol. The summed E-state index contributed by atoms with van der Waals surface area (Å²) in [6.07, 6.45) is 35.3. The number of phosphoric ester groups is 1. The van der Waals surface area contributed by atoms with Crippen LogP contribution >= 0.6 is 7.82 Å². The van der Waals surface area contributed by atoms with Gasteiger partial charge in [0.2, 0.25) is 0 Å². The lowest BCUT2D eigenvalue weighted by Gasteiger charge is -2.20. The van der Waals surface area contributed by atoms with Crippen molar-refractivity contribution < 1.29 is 47.5 Å². The van der Waals surface area contributed by atoms with E-state index in [2.05, 4.69) is 42.7 Å². The van der Waals surface area contributed by atoms with Gasteiger partial charge in [-0.25, -0.2) is 4.57 Å². The Labute approximate surface area is 315 Å². The monoisotopic (exact) mass is 760 g/mol. The van der Waals surface area contributed by atoms with Gasteiger partial charge >= 0.3 is 25.7 Å². The summed E-state index contributed by atoms with van der Waals surface area (Å²) in [6.45, 7) is 2.76. The molecule has 0 spiro atoms. The summed E-state index contributed by atoms with van der Waals surface area (Å²) in [5, 5.41) is 8.87. The summed E-state index contributed by atoms with van der Waals surface area (Å²) in [5.41, 5.74) is 5.32. The van der Waals surface area contributed by atoms with Crippen molar-refractivity contribution in [3.8, 4) is 0 Å². The number of hydrogen-bond acceptors (Lipinski definition) is 9. The normalized spacial score (nSPS) is 14.1. The summed E-state index contributed by atoms with van der Waals surface area (Å²) in [5.74, 6) is -2.40. The lowest BCUT2D eigenvalue weighted by atomic mass is 10.1. The molecule has 0 amide bonds. The standard InChI is InChI=1S/C40H74NO10P/c1-3-5-7-9-11-13-15-17-18-20-21-23-25-27-29-31-38(42)48-33-36(34-49-52(46,47)50-35-37(41)40(44)45)51-39(43)32-30-28-26-24-22-19-16-14-12-10-8-6-4-2/h14,16-18,36-37H,3-13,15,19-35,41H2,1-2H3,(H,44,45)(H,46,47)/b16-14-,18-17-/t36-,37+/m1/s1. The van der Waals surface area contributed by atoms with Crippen LogP contribution in [0.1, 0.15) is 181 Å². The molecular formula is C40H74NO10P. The van der Waals surface area contributed by atoms with Crippen LogP contribution in [0.15, 0.2) is 24.3 Å². The molecule has 0 fully saturated rings. The molecule has 11 nitrogen and oxygen atoms in total. The van der Waals surface area contributed by atoms with E-state index in [1.165, 1.54) is 64.2 Å². The predicted octanol–water partition coefficient (Wildman–Crippen LogP) is 10.3. The highest BCUT2D eigenvalue weighted by Crippen LogP contribution is 2.43. The summed E-state index contributed by atoms with van der Waals surface area (Å²) in [6, 6.07) is -1.52. The van der Waals surface area contributed by atoms with Crippen LogP contribution in [0, 0.1) is 0 Å². The molecule has 12 heteroatoms. The molecule has 0 aliphatic rings. The molecule has 0 aromatic rings. The van der Waals surface area contributed by atoms with E-state index in [0.717, 1.165) is 77.0 Å². The Morgan fingerprint density at radius 1 is 0.577 bits per heavy atom. The number of rotatable bonds is 38. The van der Waals surface area contributed by atoms with Crippen molar-refractivity contribution in [3.63, 3.8) is 0 Å². The fraction of sp³-hybridized carbons (Fsp3) is 0.825. The van der Waals surface area contributed by atoms with Gasteiger partial charge in [0.05, 0.1) is 13.2 Å². The first-order valence-electron chi connectivity index (χ1n) is 20.4. The Hall–Kier alpha value is -2.04. The molecule has 304 valence electrons. The van der Waals surface area contributed by atoms with Crippen molar-refractivity contribution in [2.24, 2.45) is 5.73 Å². The van der Waals surface area contributed by atoms with E-state index in [4.69, 9.17) is 24.8 Å². The van der Waals surface area contributed by atoms with Crippen LogP contribution in [0.2, 0.25) is 0 Å². The largest absolute Gasteiger partial charge is 0.480 e. The third-order valence-corrected chi connectivity index (χ3v) is 9.62.